The van der Waals surface area contributed by atoms with Gasteiger partial charge in [0.15, 0.2) is 11.7 Å². The average Bonchev–Trinajstić information content (AvgIpc) is 2.89. The number of rotatable bonds is 4. The summed E-state index contributed by atoms with van der Waals surface area (Å²) in [5, 5.41) is 3.59. The topological polar surface area (TPSA) is 55.7 Å². The minimum atomic E-state index is 0.0536. The molecule has 1 saturated heterocycles. The Bertz CT molecular complexity index is 635. The molecule has 1 aliphatic rings. The molecule has 0 saturated carbocycles. The van der Waals surface area contributed by atoms with E-state index >= 15 is 0 Å². The molecule has 1 amide bonds. The number of carbonyl (C=O) groups excluding carboxylic acids is 1. The lowest BCUT2D eigenvalue weighted by molar-refractivity contribution is -0.896. The number of aromatic nitrogens is 1. The number of hydrogen-bond donors (Lipinski definition) is 2. The van der Waals surface area contributed by atoms with Gasteiger partial charge in [-0.15, -0.1) is 0 Å². The van der Waals surface area contributed by atoms with Crippen LogP contribution in [0, 0.1) is 0 Å². The van der Waals surface area contributed by atoms with Gasteiger partial charge in [-0.25, -0.2) is 4.98 Å². The SMILES string of the molecule is COc1ccc2nc(NC(=O)C[NH+]3CCCCC3)sc2c1. The fraction of sp³-hybridized carbons (Fsp3) is 0.467. The standard InChI is InChI=1S/C15H19N3O2S/c1-20-11-5-6-12-13(9-11)21-15(16-12)17-14(19)10-18-7-3-2-4-8-18/h5-6,9H,2-4,7-8,10H2,1H3,(H,16,17,19)/p+1. The van der Waals surface area contributed by atoms with Gasteiger partial charge in [-0.1, -0.05) is 11.3 Å². The van der Waals surface area contributed by atoms with Gasteiger partial charge in [0.05, 0.1) is 30.4 Å². The molecular formula is C15H20N3O2S+. The molecule has 0 aliphatic carbocycles. The monoisotopic (exact) mass is 306 g/mol. The lowest BCUT2D eigenvalue weighted by Gasteiger charge is -2.22. The van der Waals surface area contributed by atoms with Crippen molar-refractivity contribution in [3.05, 3.63) is 18.2 Å². The van der Waals surface area contributed by atoms with Gasteiger partial charge >= 0.3 is 0 Å². The number of carbonyl (C=O) groups is 1. The smallest absolute Gasteiger partial charge is 0.281 e. The first kappa shape index (κ1) is 14.3. The van der Waals surface area contributed by atoms with E-state index < -0.39 is 0 Å². The van der Waals surface area contributed by atoms with Gasteiger partial charge < -0.3 is 9.64 Å². The zero-order valence-corrected chi connectivity index (χ0v) is 13.0. The van der Waals surface area contributed by atoms with Crippen molar-refractivity contribution in [2.75, 3.05) is 32.1 Å². The van der Waals surface area contributed by atoms with E-state index in [-0.39, 0.29) is 5.91 Å². The number of nitrogens with zero attached hydrogens (tertiary/aromatic N) is 1. The van der Waals surface area contributed by atoms with E-state index in [1.807, 2.05) is 18.2 Å². The van der Waals surface area contributed by atoms with E-state index in [0.29, 0.717) is 11.7 Å². The van der Waals surface area contributed by atoms with Gasteiger partial charge in [-0.3, -0.25) is 10.1 Å². The van der Waals surface area contributed by atoms with Crippen molar-refractivity contribution in [3.8, 4) is 5.75 Å². The van der Waals surface area contributed by atoms with Crippen molar-refractivity contribution >= 4 is 32.6 Å². The number of quaternary nitrogens is 1. The third kappa shape index (κ3) is 3.51. The van der Waals surface area contributed by atoms with Crippen molar-refractivity contribution in [2.45, 2.75) is 19.3 Å². The molecule has 0 bridgehead atoms. The van der Waals surface area contributed by atoms with Crippen LogP contribution in [0.25, 0.3) is 10.2 Å². The molecular weight excluding hydrogens is 286 g/mol. The number of methoxy groups -OCH3 is 1. The van der Waals surface area contributed by atoms with E-state index in [1.54, 1.807) is 7.11 Å². The summed E-state index contributed by atoms with van der Waals surface area (Å²) in [6.45, 7) is 2.74. The highest BCUT2D eigenvalue weighted by Gasteiger charge is 2.18. The molecule has 1 aliphatic heterocycles. The predicted octanol–water partition coefficient (Wildman–Crippen LogP) is 1.31. The third-order valence-electron chi connectivity index (χ3n) is 3.81. The number of amides is 1. The summed E-state index contributed by atoms with van der Waals surface area (Å²) in [4.78, 5) is 17.9. The number of benzene rings is 1. The summed E-state index contributed by atoms with van der Waals surface area (Å²) in [7, 11) is 1.65. The molecule has 3 rings (SSSR count). The van der Waals surface area contributed by atoms with Crippen molar-refractivity contribution in [1.82, 2.24) is 4.98 Å². The minimum Gasteiger partial charge on any atom is -0.497 e. The van der Waals surface area contributed by atoms with Crippen LogP contribution in [0.1, 0.15) is 19.3 Å². The Morgan fingerprint density at radius 1 is 1.38 bits per heavy atom. The number of nitrogens with one attached hydrogen (secondary N) is 2. The Hall–Kier alpha value is -1.66. The van der Waals surface area contributed by atoms with Crippen molar-refractivity contribution in [1.29, 1.82) is 0 Å². The van der Waals surface area contributed by atoms with Crippen LogP contribution in [-0.2, 0) is 4.79 Å². The molecule has 0 spiro atoms. The lowest BCUT2D eigenvalue weighted by atomic mass is 10.1. The largest absolute Gasteiger partial charge is 0.497 e. The molecule has 1 aromatic heterocycles. The van der Waals surface area contributed by atoms with Crippen molar-refractivity contribution in [2.24, 2.45) is 0 Å². The van der Waals surface area contributed by atoms with E-state index in [2.05, 4.69) is 10.3 Å². The van der Waals surface area contributed by atoms with E-state index in [0.717, 1.165) is 29.1 Å². The van der Waals surface area contributed by atoms with Crippen LogP contribution in [0.2, 0.25) is 0 Å². The second-order valence-electron chi connectivity index (χ2n) is 5.39. The summed E-state index contributed by atoms with van der Waals surface area (Å²) < 4.78 is 6.22. The summed E-state index contributed by atoms with van der Waals surface area (Å²) in [5.41, 5.74) is 0.890. The van der Waals surface area contributed by atoms with Gasteiger partial charge in [0, 0.05) is 0 Å². The summed E-state index contributed by atoms with van der Waals surface area (Å²) in [6, 6.07) is 5.74. The summed E-state index contributed by atoms with van der Waals surface area (Å²) >= 11 is 1.48. The molecule has 0 radical (unpaired) electrons. The first-order chi connectivity index (χ1) is 10.2. The Labute approximate surface area is 127 Å². The quantitative estimate of drug-likeness (QED) is 0.895. The fourth-order valence-electron chi connectivity index (χ4n) is 2.70. The van der Waals surface area contributed by atoms with Crippen LogP contribution in [0.4, 0.5) is 5.13 Å². The molecule has 1 aromatic carbocycles. The van der Waals surface area contributed by atoms with Crippen LogP contribution in [0.3, 0.4) is 0 Å². The number of anilines is 1. The van der Waals surface area contributed by atoms with E-state index in [1.165, 1.54) is 35.5 Å². The van der Waals surface area contributed by atoms with Crippen LogP contribution < -0.4 is 15.0 Å². The van der Waals surface area contributed by atoms with Gasteiger partial charge in [0.2, 0.25) is 0 Å². The molecule has 112 valence electrons. The number of hydrogen-bond acceptors (Lipinski definition) is 4. The van der Waals surface area contributed by atoms with Gasteiger partial charge in [-0.05, 0) is 37.5 Å². The number of likely N-dealkylation sites (tertiary alicyclic amines) is 1. The zero-order valence-electron chi connectivity index (χ0n) is 12.1. The maximum atomic E-state index is 12.1. The highest BCUT2D eigenvalue weighted by Crippen LogP contribution is 2.28. The third-order valence-corrected chi connectivity index (χ3v) is 4.75. The molecule has 0 atom stereocenters. The predicted molar refractivity (Wildman–Crippen MR) is 84.2 cm³/mol. The fourth-order valence-corrected chi connectivity index (χ4v) is 3.61. The molecule has 5 nitrogen and oxygen atoms in total. The van der Waals surface area contributed by atoms with Crippen LogP contribution in [-0.4, -0.2) is 37.6 Å². The first-order valence-corrected chi connectivity index (χ1v) is 8.14. The minimum absolute atomic E-state index is 0.0536. The lowest BCUT2D eigenvalue weighted by Crippen LogP contribution is -3.13. The maximum absolute atomic E-state index is 12.1. The van der Waals surface area contributed by atoms with E-state index in [4.69, 9.17) is 4.74 Å². The number of piperidine rings is 1. The average molecular weight is 306 g/mol. The number of thiazole rings is 1. The van der Waals surface area contributed by atoms with Gasteiger partial charge in [0.25, 0.3) is 5.91 Å². The van der Waals surface area contributed by atoms with Crippen molar-refractivity contribution in [3.63, 3.8) is 0 Å². The first-order valence-electron chi connectivity index (χ1n) is 7.32. The van der Waals surface area contributed by atoms with Crippen molar-refractivity contribution < 1.29 is 14.4 Å². The highest BCUT2D eigenvalue weighted by molar-refractivity contribution is 7.22. The van der Waals surface area contributed by atoms with Gasteiger partial charge in [-0.2, -0.15) is 0 Å². The summed E-state index contributed by atoms with van der Waals surface area (Å²) in [5.74, 6) is 0.861. The molecule has 2 heterocycles. The molecule has 2 aromatic rings. The number of fused-ring (bicyclic) bond motifs is 1. The molecule has 0 unspecified atom stereocenters. The molecule has 6 heteroatoms. The Balaban J connectivity index is 1.65. The number of ether oxygens (including phenoxy) is 1. The highest BCUT2D eigenvalue weighted by atomic mass is 32.1. The Kier molecular flexibility index (Phi) is 4.36. The second kappa shape index (κ2) is 6.41. The normalized spacial score (nSPS) is 16.0. The molecule has 21 heavy (non-hydrogen) atoms. The van der Waals surface area contributed by atoms with Crippen LogP contribution >= 0.6 is 11.3 Å². The van der Waals surface area contributed by atoms with E-state index in [9.17, 15) is 4.79 Å². The second-order valence-corrected chi connectivity index (χ2v) is 6.42. The van der Waals surface area contributed by atoms with Crippen LogP contribution in [0.5, 0.6) is 5.75 Å². The maximum Gasteiger partial charge on any atom is 0.281 e. The zero-order chi connectivity index (χ0) is 14.7. The molecule has 1 fully saturated rings. The van der Waals surface area contributed by atoms with Gasteiger partial charge in [0.1, 0.15) is 5.75 Å². The summed E-state index contributed by atoms with van der Waals surface area (Å²) in [6.07, 6.45) is 3.75. The molecule has 2 N–H and O–H groups in total. The Morgan fingerprint density at radius 2 is 2.19 bits per heavy atom. The Morgan fingerprint density at radius 3 is 2.95 bits per heavy atom. The van der Waals surface area contributed by atoms with Crippen LogP contribution in [0.15, 0.2) is 18.2 Å².